The minimum Gasteiger partial charge on any atom is -0.396 e. The molecule has 0 radical (unpaired) electrons. The molecule has 19 heavy (non-hydrogen) atoms. The third-order valence-electron chi connectivity index (χ3n) is 3.41. The van der Waals surface area contributed by atoms with Crippen molar-refractivity contribution in [1.29, 1.82) is 0 Å². The molecule has 1 aromatic rings. The Labute approximate surface area is 123 Å². The fourth-order valence-electron chi connectivity index (χ4n) is 2.00. The fourth-order valence-corrected chi connectivity index (χ4v) is 2.41. The van der Waals surface area contributed by atoms with Gasteiger partial charge in [-0.2, -0.15) is 0 Å². The molecule has 0 fully saturated rings. The maximum absolute atomic E-state index is 12.3. The monoisotopic (exact) mass is 327 g/mol. The van der Waals surface area contributed by atoms with Crippen LogP contribution < -0.4 is 0 Å². The molecule has 0 bridgehead atoms. The van der Waals surface area contributed by atoms with E-state index in [0.29, 0.717) is 6.54 Å². The number of aryl methyl sites for hydroxylation is 1. The lowest BCUT2D eigenvalue weighted by atomic mass is 9.95. The molecule has 0 heterocycles. The summed E-state index contributed by atoms with van der Waals surface area (Å²) >= 11 is 3.45. The molecule has 1 amide bonds. The van der Waals surface area contributed by atoms with Crippen molar-refractivity contribution in [2.75, 3.05) is 13.7 Å². The number of aliphatic hydroxyl groups excluding tert-OH is 1. The van der Waals surface area contributed by atoms with E-state index in [1.807, 2.05) is 39.0 Å². The number of benzene rings is 1. The summed E-state index contributed by atoms with van der Waals surface area (Å²) in [6.45, 7) is 6.41. The van der Waals surface area contributed by atoms with Crippen LogP contribution in [-0.4, -0.2) is 29.6 Å². The van der Waals surface area contributed by atoms with Crippen LogP contribution >= 0.6 is 15.9 Å². The van der Waals surface area contributed by atoms with Crippen molar-refractivity contribution < 1.29 is 9.90 Å². The van der Waals surface area contributed by atoms with Crippen molar-refractivity contribution in [1.82, 2.24) is 4.90 Å². The Hall–Kier alpha value is -0.870. The predicted molar refractivity (Wildman–Crippen MR) is 80.8 cm³/mol. The maximum atomic E-state index is 12.3. The van der Waals surface area contributed by atoms with E-state index in [-0.39, 0.29) is 24.3 Å². The lowest BCUT2D eigenvalue weighted by Crippen LogP contribution is -2.37. The van der Waals surface area contributed by atoms with Gasteiger partial charge in [0.15, 0.2) is 0 Å². The highest BCUT2D eigenvalue weighted by atomic mass is 79.9. The van der Waals surface area contributed by atoms with E-state index in [4.69, 9.17) is 0 Å². The van der Waals surface area contributed by atoms with E-state index in [1.54, 1.807) is 11.9 Å². The minimum absolute atomic E-state index is 0.00289. The zero-order chi connectivity index (χ0) is 14.6. The molecule has 1 N–H and O–H groups in total. The first kappa shape index (κ1) is 16.2. The molecule has 0 aliphatic rings. The average Bonchev–Trinajstić information content (AvgIpc) is 2.34. The van der Waals surface area contributed by atoms with E-state index in [0.717, 1.165) is 15.6 Å². The van der Waals surface area contributed by atoms with Crippen LogP contribution in [0.4, 0.5) is 0 Å². The van der Waals surface area contributed by atoms with E-state index >= 15 is 0 Å². The summed E-state index contributed by atoms with van der Waals surface area (Å²) in [7, 11) is 1.79. The Morgan fingerprint density at radius 1 is 1.42 bits per heavy atom. The first-order valence-corrected chi connectivity index (χ1v) is 7.27. The van der Waals surface area contributed by atoms with Crippen LogP contribution in [0.5, 0.6) is 0 Å². The van der Waals surface area contributed by atoms with Crippen LogP contribution in [0.2, 0.25) is 0 Å². The normalized spacial score (nSPS) is 12.6. The molecule has 0 saturated carbocycles. The van der Waals surface area contributed by atoms with Gasteiger partial charge in [0.05, 0.1) is 12.5 Å². The third kappa shape index (κ3) is 4.32. The summed E-state index contributed by atoms with van der Waals surface area (Å²) in [6, 6.07) is 6.05. The topological polar surface area (TPSA) is 40.5 Å². The molecule has 1 rings (SSSR count). The number of hydrogen-bond donors (Lipinski definition) is 1. The van der Waals surface area contributed by atoms with E-state index < -0.39 is 0 Å². The standard InChI is InChI=1S/C15H22BrNO2/c1-10(2)14(9-18)15(19)17(4)8-12-7-13(16)6-5-11(12)3/h5-7,10,14,18H,8-9H2,1-4H3. The molecule has 3 nitrogen and oxygen atoms in total. The fraction of sp³-hybridized carbons (Fsp3) is 0.533. The molecule has 0 aliphatic carbocycles. The van der Waals surface area contributed by atoms with Gasteiger partial charge in [0.25, 0.3) is 0 Å². The van der Waals surface area contributed by atoms with Gasteiger partial charge in [0, 0.05) is 18.1 Å². The molecular weight excluding hydrogens is 306 g/mol. The molecule has 0 spiro atoms. The van der Waals surface area contributed by atoms with Gasteiger partial charge in [-0.15, -0.1) is 0 Å². The number of carbonyl (C=O) groups excluding carboxylic acids is 1. The quantitative estimate of drug-likeness (QED) is 0.903. The van der Waals surface area contributed by atoms with E-state index in [1.165, 1.54) is 0 Å². The summed E-state index contributed by atoms with van der Waals surface area (Å²) in [5.74, 6) is -0.183. The summed E-state index contributed by atoms with van der Waals surface area (Å²) in [4.78, 5) is 14.0. The number of carbonyl (C=O) groups is 1. The molecular formula is C15H22BrNO2. The highest BCUT2D eigenvalue weighted by Gasteiger charge is 2.24. The summed E-state index contributed by atoms with van der Waals surface area (Å²) in [5, 5.41) is 9.33. The zero-order valence-corrected chi connectivity index (χ0v) is 13.6. The van der Waals surface area contributed by atoms with Gasteiger partial charge in [-0.05, 0) is 36.1 Å². The molecule has 106 valence electrons. The van der Waals surface area contributed by atoms with Gasteiger partial charge in [0.1, 0.15) is 0 Å². The molecule has 1 aromatic carbocycles. The van der Waals surface area contributed by atoms with E-state index in [9.17, 15) is 9.90 Å². The summed E-state index contributed by atoms with van der Waals surface area (Å²) < 4.78 is 1.01. The second kappa shape index (κ2) is 7.06. The Bertz CT molecular complexity index is 446. The predicted octanol–water partition coefficient (Wildman–Crippen LogP) is 2.98. The molecule has 4 heteroatoms. The Balaban J connectivity index is 2.81. The smallest absolute Gasteiger partial charge is 0.228 e. The zero-order valence-electron chi connectivity index (χ0n) is 12.0. The Kier molecular flexibility index (Phi) is 6.01. The van der Waals surface area contributed by atoms with E-state index in [2.05, 4.69) is 15.9 Å². The van der Waals surface area contributed by atoms with Crippen LogP contribution in [0.1, 0.15) is 25.0 Å². The van der Waals surface area contributed by atoms with Crippen molar-refractivity contribution in [3.63, 3.8) is 0 Å². The number of halogens is 1. The highest BCUT2D eigenvalue weighted by Crippen LogP contribution is 2.19. The van der Waals surface area contributed by atoms with Crippen LogP contribution in [-0.2, 0) is 11.3 Å². The number of aliphatic hydroxyl groups is 1. The SMILES string of the molecule is Cc1ccc(Br)cc1CN(C)C(=O)C(CO)C(C)C. The summed E-state index contributed by atoms with van der Waals surface area (Å²) in [5.41, 5.74) is 2.28. The van der Waals surface area contributed by atoms with Crippen molar-refractivity contribution in [3.05, 3.63) is 33.8 Å². The third-order valence-corrected chi connectivity index (χ3v) is 3.91. The number of amides is 1. The molecule has 0 aromatic heterocycles. The second-order valence-corrected chi connectivity index (χ2v) is 6.21. The largest absolute Gasteiger partial charge is 0.396 e. The van der Waals surface area contributed by atoms with Crippen LogP contribution in [0.25, 0.3) is 0 Å². The van der Waals surface area contributed by atoms with Crippen molar-refractivity contribution in [2.45, 2.75) is 27.3 Å². The van der Waals surface area contributed by atoms with Gasteiger partial charge in [-0.1, -0.05) is 35.8 Å². The second-order valence-electron chi connectivity index (χ2n) is 5.30. The van der Waals surface area contributed by atoms with Gasteiger partial charge >= 0.3 is 0 Å². The Morgan fingerprint density at radius 2 is 2.05 bits per heavy atom. The lowest BCUT2D eigenvalue weighted by Gasteiger charge is -2.25. The Morgan fingerprint density at radius 3 is 2.58 bits per heavy atom. The molecule has 0 aliphatic heterocycles. The average molecular weight is 328 g/mol. The van der Waals surface area contributed by atoms with Crippen molar-refractivity contribution >= 4 is 21.8 Å². The molecule has 0 saturated heterocycles. The number of nitrogens with zero attached hydrogens (tertiary/aromatic N) is 1. The minimum atomic E-state index is -0.322. The highest BCUT2D eigenvalue weighted by molar-refractivity contribution is 9.10. The molecule has 1 atom stereocenters. The van der Waals surface area contributed by atoms with Gasteiger partial charge < -0.3 is 10.0 Å². The number of rotatable bonds is 5. The van der Waals surface area contributed by atoms with Crippen LogP contribution in [0.15, 0.2) is 22.7 Å². The van der Waals surface area contributed by atoms with Gasteiger partial charge in [0.2, 0.25) is 5.91 Å². The molecule has 1 unspecified atom stereocenters. The first-order valence-electron chi connectivity index (χ1n) is 6.47. The van der Waals surface area contributed by atoms with Crippen molar-refractivity contribution in [2.24, 2.45) is 11.8 Å². The van der Waals surface area contributed by atoms with Crippen LogP contribution in [0, 0.1) is 18.8 Å². The first-order chi connectivity index (χ1) is 8.86. The van der Waals surface area contributed by atoms with Gasteiger partial charge in [-0.3, -0.25) is 4.79 Å². The maximum Gasteiger partial charge on any atom is 0.228 e. The lowest BCUT2D eigenvalue weighted by molar-refractivity contribution is -0.137. The van der Waals surface area contributed by atoms with Crippen LogP contribution in [0.3, 0.4) is 0 Å². The summed E-state index contributed by atoms with van der Waals surface area (Å²) in [6.07, 6.45) is 0. The van der Waals surface area contributed by atoms with Gasteiger partial charge in [-0.25, -0.2) is 0 Å². The van der Waals surface area contributed by atoms with Crippen molar-refractivity contribution in [3.8, 4) is 0 Å². The number of hydrogen-bond acceptors (Lipinski definition) is 2.